The maximum atomic E-state index is 14.1. The van der Waals surface area contributed by atoms with E-state index in [9.17, 15) is 18.9 Å². The van der Waals surface area contributed by atoms with Crippen LogP contribution in [0.25, 0.3) is 0 Å². The van der Waals surface area contributed by atoms with Gasteiger partial charge in [-0.1, -0.05) is 0 Å². The van der Waals surface area contributed by atoms with Gasteiger partial charge in [0.2, 0.25) is 0 Å². The summed E-state index contributed by atoms with van der Waals surface area (Å²) < 4.78 is 83.8. The Bertz CT molecular complexity index is 1090. The van der Waals surface area contributed by atoms with E-state index in [2.05, 4.69) is 0 Å². The molecule has 10 atom stereocenters. The standard InChI is InChI=1S/C26H41O16P/c1-12(27)33-10-15-17(35-13(2)28)20(36-14(3)29)22(43(30,31-8)32-9)24(37-15)39-19-18(16-11-34-25(4,5)40-16)38-23-21(19)41-26(6,7)42-23/h15-24H,10-11H2,1-9H3/t15-,16-,17-,18-,19+,20+,21-,22-,23-,24+/m1/s1. The second-order valence-corrected chi connectivity index (χ2v) is 13.8. The van der Waals surface area contributed by atoms with Crippen molar-refractivity contribution in [1.29, 1.82) is 0 Å². The number of esters is 3. The SMILES string of the molecule is COP(=O)(OC)[C@H]1[C@H](O[C@@H]2[C@H]3OC(C)(C)O[C@H]3O[C@@H]2[C@H]2COC(C)(C)O2)O[C@H](COC(C)=O)[C@@H](OC(C)=O)[C@@H]1OC(C)=O. The van der Waals surface area contributed by atoms with Gasteiger partial charge in [-0.3, -0.25) is 18.9 Å². The van der Waals surface area contributed by atoms with E-state index in [1.54, 1.807) is 27.7 Å². The number of fused-ring (bicyclic) bond motifs is 1. The average molecular weight is 641 g/mol. The summed E-state index contributed by atoms with van der Waals surface area (Å²) in [6.45, 7) is 10.1. The van der Waals surface area contributed by atoms with Crippen LogP contribution in [0.3, 0.4) is 0 Å². The third kappa shape index (κ3) is 7.57. The second-order valence-electron chi connectivity index (χ2n) is 11.4. The van der Waals surface area contributed by atoms with Gasteiger partial charge in [-0.15, -0.1) is 0 Å². The summed E-state index contributed by atoms with van der Waals surface area (Å²) in [6.07, 6.45) is -9.80. The van der Waals surface area contributed by atoms with Gasteiger partial charge in [0.05, 0.1) is 6.61 Å². The first-order valence-corrected chi connectivity index (χ1v) is 15.4. The molecular weight excluding hydrogens is 599 g/mol. The van der Waals surface area contributed by atoms with Crippen LogP contribution in [-0.4, -0.2) is 118 Å². The highest BCUT2D eigenvalue weighted by Gasteiger charge is 2.64. The first kappa shape index (κ1) is 34.2. The third-order valence-electron chi connectivity index (χ3n) is 7.26. The molecule has 4 heterocycles. The molecule has 4 aliphatic rings. The van der Waals surface area contributed by atoms with E-state index < -0.39 is 105 Å². The summed E-state index contributed by atoms with van der Waals surface area (Å²) in [4.78, 5) is 36.2. The topological polar surface area (TPSA) is 179 Å². The molecule has 0 bridgehead atoms. The van der Waals surface area contributed by atoms with Gasteiger partial charge in [-0.05, 0) is 27.7 Å². The van der Waals surface area contributed by atoms with Gasteiger partial charge in [0.25, 0.3) is 0 Å². The maximum Gasteiger partial charge on any atom is 0.342 e. The fraction of sp³-hybridized carbons (Fsp3) is 0.885. The smallest absolute Gasteiger partial charge is 0.342 e. The van der Waals surface area contributed by atoms with Gasteiger partial charge >= 0.3 is 25.5 Å². The second kappa shape index (κ2) is 12.9. The Morgan fingerprint density at radius 2 is 1.42 bits per heavy atom. The first-order valence-electron chi connectivity index (χ1n) is 13.8. The summed E-state index contributed by atoms with van der Waals surface area (Å²) in [5.74, 6) is -4.16. The lowest BCUT2D eigenvalue weighted by atomic mass is 9.99. The Kier molecular flexibility index (Phi) is 10.3. The van der Waals surface area contributed by atoms with Crippen molar-refractivity contribution < 1.29 is 75.4 Å². The molecule has 4 fully saturated rings. The van der Waals surface area contributed by atoms with Gasteiger partial charge in [0.1, 0.15) is 37.1 Å². The molecule has 0 spiro atoms. The average Bonchev–Trinajstić information content (AvgIpc) is 3.52. The normalized spacial score (nSPS) is 38.3. The quantitative estimate of drug-likeness (QED) is 0.190. The number of ether oxygens (including phenoxy) is 10. The van der Waals surface area contributed by atoms with Crippen molar-refractivity contribution in [2.45, 2.75) is 121 Å². The number of hydrogen-bond donors (Lipinski definition) is 0. The van der Waals surface area contributed by atoms with Crippen LogP contribution in [0.15, 0.2) is 0 Å². The van der Waals surface area contributed by atoms with Crippen LogP contribution in [0.5, 0.6) is 0 Å². The predicted octanol–water partition coefficient (Wildman–Crippen LogP) is 1.41. The van der Waals surface area contributed by atoms with E-state index in [1.165, 1.54) is 6.92 Å². The van der Waals surface area contributed by atoms with Crippen LogP contribution in [0.2, 0.25) is 0 Å². The molecule has 0 aromatic heterocycles. The number of hydrogen-bond acceptors (Lipinski definition) is 16. The van der Waals surface area contributed by atoms with E-state index in [0.717, 1.165) is 28.1 Å². The van der Waals surface area contributed by atoms with Crippen LogP contribution < -0.4 is 0 Å². The fourth-order valence-electron chi connectivity index (χ4n) is 5.64. The Balaban J connectivity index is 1.76. The van der Waals surface area contributed by atoms with Crippen molar-refractivity contribution in [1.82, 2.24) is 0 Å². The van der Waals surface area contributed by atoms with Gasteiger partial charge in [0, 0.05) is 35.0 Å². The molecule has 0 aromatic carbocycles. The molecule has 16 nitrogen and oxygen atoms in total. The monoisotopic (exact) mass is 640 g/mol. The zero-order valence-corrected chi connectivity index (χ0v) is 26.6. The van der Waals surface area contributed by atoms with Crippen molar-refractivity contribution in [3.63, 3.8) is 0 Å². The van der Waals surface area contributed by atoms with Crippen LogP contribution in [0, 0.1) is 0 Å². The van der Waals surface area contributed by atoms with E-state index in [1.807, 2.05) is 0 Å². The van der Waals surface area contributed by atoms with E-state index in [-0.39, 0.29) is 6.61 Å². The summed E-state index contributed by atoms with van der Waals surface area (Å²) >= 11 is 0. The van der Waals surface area contributed by atoms with Crippen molar-refractivity contribution >= 4 is 25.5 Å². The molecule has 0 aliphatic carbocycles. The highest BCUT2D eigenvalue weighted by Crippen LogP contribution is 2.58. The van der Waals surface area contributed by atoms with Crippen LogP contribution in [-0.2, 0) is 75.4 Å². The van der Waals surface area contributed by atoms with Gasteiger partial charge in [-0.25, -0.2) is 0 Å². The molecule has 0 aromatic rings. The minimum absolute atomic E-state index is 0.156. The third-order valence-corrected chi connectivity index (χ3v) is 9.54. The predicted molar refractivity (Wildman–Crippen MR) is 140 cm³/mol. The van der Waals surface area contributed by atoms with E-state index >= 15 is 0 Å². The summed E-state index contributed by atoms with van der Waals surface area (Å²) in [6, 6.07) is 0. The van der Waals surface area contributed by atoms with E-state index in [0.29, 0.717) is 0 Å². The van der Waals surface area contributed by atoms with Gasteiger partial charge < -0.3 is 56.4 Å². The molecule has 0 amide bonds. The summed E-state index contributed by atoms with van der Waals surface area (Å²) in [5.41, 5.74) is -1.50. The first-order chi connectivity index (χ1) is 20.0. The molecule has 17 heteroatoms. The lowest BCUT2D eigenvalue weighted by Gasteiger charge is -2.46. The molecule has 4 aliphatic heterocycles. The summed E-state index contributed by atoms with van der Waals surface area (Å²) in [7, 11) is -1.97. The number of carbonyl (C=O) groups excluding carboxylic acids is 3. The fourth-order valence-corrected chi connectivity index (χ4v) is 7.30. The van der Waals surface area contributed by atoms with Crippen LogP contribution >= 0.6 is 7.60 Å². The lowest BCUT2D eigenvalue weighted by Crippen LogP contribution is -2.63. The summed E-state index contributed by atoms with van der Waals surface area (Å²) in [5, 5.41) is 0. The molecule has 0 N–H and O–H groups in total. The molecule has 0 unspecified atom stereocenters. The molecular formula is C26H41O16P. The zero-order valence-electron chi connectivity index (χ0n) is 25.7. The lowest BCUT2D eigenvalue weighted by molar-refractivity contribution is -0.295. The van der Waals surface area contributed by atoms with Crippen LogP contribution in [0.4, 0.5) is 0 Å². The molecule has 246 valence electrons. The highest BCUT2D eigenvalue weighted by molar-refractivity contribution is 7.54. The van der Waals surface area contributed by atoms with Crippen molar-refractivity contribution in [3.8, 4) is 0 Å². The van der Waals surface area contributed by atoms with Crippen molar-refractivity contribution in [2.24, 2.45) is 0 Å². The van der Waals surface area contributed by atoms with Crippen molar-refractivity contribution in [2.75, 3.05) is 27.4 Å². The Labute approximate surface area is 249 Å². The van der Waals surface area contributed by atoms with Gasteiger partial charge in [-0.2, -0.15) is 0 Å². The highest BCUT2D eigenvalue weighted by atomic mass is 31.2. The Morgan fingerprint density at radius 1 is 0.791 bits per heavy atom. The molecule has 0 radical (unpaired) electrons. The van der Waals surface area contributed by atoms with E-state index in [4.69, 9.17) is 56.4 Å². The number of carbonyl (C=O) groups is 3. The minimum atomic E-state index is -4.24. The molecule has 4 rings (SSSR count). The maximum absolute atomic E-state index is 14.1. The Morgan fingerprint density at radius 3 is 1.95 bits per heavy atom. The van der Waals surface area contributed by atoms with Gasteiger partial charge in [0.15, 0.2) is 42.0 Å². The van der Waals surface area contributed by atoms with Crippen molar-refractivity contribution in [3.05, 3.63) is 0 Å². The Hall–Kier alpha value is -1.72. The minimum Gasteiger partial charge on any atom is -0.463 e. The molecule has 43 heavy (non-hydrogen) atoms. The number of rotatable bonds is 10. The molecule has 4 saturated heterocycles. The van der Waals surface area contributed by atoms with Crippen LogP contribution in [0.1, 0.15) is 48.5 Å². The molecule has 0 saturated carbocycles. The zero-order chi connectivity index (χ0) is 31.9. The largest absolute Gasteiger partial charge is 0.463 e.